The van der Waals surface area contributed by atoms with Gasteiger partial charge >= 0.3 is 0 Å². The summed E-state index contributed by atoms with van der Waals surface area (Å²) >= 11 is 3.22. The zero-order chi connectivity index (χ0) is 19.0. The number of hydrogen-bond donors (Lipinski definition) is 0. The van der Waals surface area contributed by atoms with E-state index in [4.69, 9.17) is 0 Å². The lowest BCUT2D eigenvalue weighted by atomic mass is 10.1. The van der Waals surface area contributed by atoms with Crippen molar-refractivity contribution in [3.8, 4) is 0 Å². The fourth-order valence-electron chi connectivity index (χ4n) is 3.66. The largest absolute Gasteiger partial charge is 0.341 e. The molecule has 2 aromatic heterocycles. The van der Waals surface area contributed by atoms with Crippen LogP contribution in [0.3, 0.4) is 0 Å². The summed E-state index contributed by atoms with van der Waals surface area (Å²) < 4.78 is 0. The molecule has 0 aliphatic carbocycles. The van der Waals surface area contributed by atoms with Crippen molar-refractivity contribution < 1.29 is 9.59 Å². The Labute approximate surface area is 167 Å². The predicted octanol–water partition coefficient (Wildman–Crippen LogP) is 3.62. The number of rotatable bonds is 3. The van der Waals surface area contributed by atoms with E-state index in [9.17, 15) is 9.59 Å². The van der Waals surface area contributed by atoms with Crippen LogP contribution in [0.5, 0.6) is 0 Å². The van der Waals surface area contributed by atoms with E-state index in [1.54, 1.807) is 27.6 Å². The Morgan fingerprint density at radius 1 is 1.22 bits per heavy atom. The molecular weight excluding hydrogens is 378 g/mol. The summed E-state index contributed by atoms with van der Waals surface area (Å²) in [6, 6.07) is 4.04. The standard InChI is InChI=1S/C20H23N3O2S2/c1-13-14(2)27-20-18(13)19(15-7-6-10-26-15)21-11-16(24)23(20)12-17(25)22-8-4-3-5-9-22/h6-7,10H,3-5,8-9,11-12H2,1-2H3. The van der Waals surface area contributed by atoms with Crippen LogP contribution < -0.4 is 4.90 Å². The molecule has 0 aromatic carbocycles. The van der Waals surface area contributed by atoms with E-state index in [0.717, 1.165) is 57.5 Å². The van der Waals surface area contributed by atoms with Gasteiger partial charge in [-0.2, -0.15) is 0 Å². The molecule has 142 valence electrons. The van der Waals surface area contributed by atoms with Crippen LogP contribution in [-0.2, 0) is 9.59 Å². The number of hydrogen-bond acceptors (Lipinski definition) is 5. The Balaban J connectivity index is 1.71. The van der Waals surface area contributed by atoms with Crippen molar-refractivity contribution >= 4 is 45.2 Å². The molecule has 1 saturated heterocycles. The third-order valence-electron chi connectivity index (χ3n) is 5.28. The number of anilines is 1. The molecule has 0 unspecified atom stereocenters. The molecule has 0 saturated carbocycles. The number of carbonyl (C=O) groups excluding carboxylic acids is 2. The fourth-order valence-corrected chi connectivity index (χ4v) is 5.57. The molecule has 0 bridgehead atoms. The lowest BCUT2D eigenvalue weighted by molar-refractivity contribution is -0.132. The summed E-state index contributed by atoms with van der Waals surface area (Å²) in [4.78, 5) is 36.2. The van der Waals surface area contributed by atoms with E-state index >= 15 is 0 Å². The van der Waals surface area contributed by atoms with Crippen molar-refractivity contribution in [2.45, 2.75) is 33.1 Å². The molecule has 2 aliphatic heterocycles. The number of carbonyl (C=O) groups is 2. The van der Waals surface area contributed by atoms with Crippen LogP contribution in [0.2, 0.25) is 0 Å². The van der Waals surface area contributed by atoms with Crippen LogP contribution in [-0.4, -0.2) is 48.6 Å². The number of fused-ring (bicyclic) bond motifs is 1. The van der Waals surface area contributed by atoms with Gasteiger partial charge in [0.1, 0.15) is 18.1 Å². The van der Waals surface area contributed by atoms with Gasteiger partial charge in [-0.1, -0.05) is 6.07 Å². The maximum absolute atomic E-state index is 12.9. The first-order valence-electron chi connectivity index (χ1n) is 9.33. The van der Waals surface area contributed by atoms with Crippen molar-refractivity contribution in [3.05, 3.63) is 38.4 Å². The molecule has 4 heterocycles. The van der Waals surface area contributed by atoms with Gasteiger partial charge in [-0.15, -0.1) is 22.7 Å². The molecule has 0 spiro atoms. The highest BCUT2D eigenvalue weighted by molar-refractivity contribution is 7.17. The van der Waals surface area contributed by atoms with E-state index < -0.39 is 0 Å². The van der Waals surface area contributed by atoms with E-state index in [2.05, 4.69) is 18.8 Å². The highest BCUT2D eigenvalue weighted by Crippen LogP contribution is 2.39. The van der Waals surface area contributed by atoms with Crippen molar-refractivity contribution in [1.29, 1.82) is 0 Å². The molecule has 7 heteroatoms. The molecule has 0 N–H and O–H groups in total. The lowest BCUT2D eigenvalue weighted by Gasteiger charge is -2.29. The summed E-state index contributed by atoms with van der Waals surface area (Å²) in [6.45, 7) is 5.93. The van der Waals surface area contributed by atoms with E-state index in [-0.39, 0.29) is 24.9 Å². The Hall–Kier alpha value is -1.99. The minimum absolute atomic E-state index is 0.0391. The van der Waals surface area contributed by atoms with E-state index in [1.807, 2.05) is 22.4 Å². The maximum atomic E-state index is 12.9. The highest BCUT2D eigenvalue weighted by Gasteiger charge is 2.32. The van der Waals surface area contributed by atoms with Crippen molar-refractivity contribution in [2.24, 2.45) is 4.99 Å². The van der Waals surface area contributed by atoms with E-state index in [1.165, 1.54) is 6.42 Å². The third-order valence-corrected chi connectivity index (χ3v) is 7.39. The normalized spacial score (nSPS) is 17.6. The SMILES string of the molecule is Cc1sc2c(c1C)C(c1cccs1)=NCC(=O)N2CC(=O)N1CCCCC1. The first kappa shape index (κ1) is 18.4. The lowest BCUT2D eigenvalue weighted by Crippen LogP contribution is -2.45. The molecule has 0 radical (unpaired) electrons. The summed E-state index contributed by atoms with van der Waals surface area (Å²) in [5, 5.41) is 2.89. The quantitative estimate of drug-likeness (QED) is 0.789. The van der Waals surface area contributed by atoms with Crippen LogP contribution in [0.1, 0.15) is 40.1 Å². The summed E-state index contributed by atoms with van der Waals surface area (Å²) in [5.74, 6) is -0.0632. The van der Waals surface area contributed by atoms with Gasteiger partial charge in [0.2, 0.25) is 11.8 Å². The van der Waals surface area contributed by atoms with Gasteiger partial charge in [-0.25, -0.2) is 0 Å². The molecule has 4 rings (SSSR count). The van der Waals surface area contributed by atoms with Gasteiger partial charge in [-0.05, 0) is 50.1 Å². The first-order chi connectivity index (χ1) is 13.1. The molecule has 1 fully saturated rings. The molecular formula is C20H23N3O2S2. The van der Waals surface area contributed by atoms with Gasteiger partial charge in [0.15, 0.2) is 0 Å². The highest BCUT2D eigenvalue weighted by atomic mass is 32.1. The van der Waals surface area contributed by atoms with Gasteiger partial charge in [-0.3, -0.25) is 19.5 Å². The number of likely N-dealkylation sites (tertiary alicyclic amines) is 1. The Morgan fingerprint density at radius 3 is 2.70 bits per heavy atom. The summed E-state index contributed by atoms with van der Waals surface area (Å²) in [7, 11) is 0. The molecule has 5 nitrogen and oxygen atoms in total. The number of nitrogens with zero attached hydrogens (tertiary/aromatic N) is 3. The van der Waals surface area contributed by atoms with Gasteiger partial charge in [0.05, 0.1) is 10.6 Å². The number of thiophene rings is 2. The smallest absolute Gasteiger partial charge is 0.249 e. The molecule has 2 amide bonds. The van der Waals surface area contributed by atoms with Gasteiger partial charge in [0, 0.05) is 23.5 Å². The van der Waals surface area contributed by atoms with Crippen molar-refractivity contribution in [2.75, 3.05) is 31.1 Å². The number of aliphatic imine (C=N–C) groups is 1. The Kier molecular flexibility index (Phi) is 5.14. The Bertz CT molecular complexity index is 893. The number of amides is 2. The maximum Gasteiger partial charge on any atom is 0.249 e. The fraction of sp³-hybridized carbons (Fsp3) is 0.450. The van der Waals surface area contributed by atoms with Crippen LogP contribution in [0.4, 0.5) is 5.00 Å². The molecule has 27 heavy (non-hydrogen) atoms. The average Bonchev–Trinajstić information content (AvgIpc) is 3.28. The van der Waals surface area contributed by atoms with Crippen LogP contribution in [0.25, 0.3) is 0 Å². The van der Waals surface area contributed by atoms with Crippen LogP contribution in [0, 0.1) is 13.8 Å². The van der Waals surface area contributed by atoms with Crippen molar-refractivity contribution in [1.82, 2.24) is 4.90 Å². The topological polar surface area (TPSA) is 53.0 Å². The average molecular weight is 402 g/mol. The predicted molar refractivity (Wildman–Crippen MR) is 111 cm³/mol. The minimum Gasteiger partial charge on any atom is -0.341 e. The summed E-state index contributed by atoms with van der Waals surface area (Å²) in [5.41, 5.74) is 3.03. The number of piperidine rings is 1. The van der Waals surface area contributed by atoms with Crippen LogP contribution >= 0.6 is 22.7 Å². The Morgan fingerprint density at radius 2 is 2.00 bits per heavy atom. The third kappa shape index (κ3) is 3.46. The second kappa shape index (κ2) is 7.56. The zero-order valence-electron chi connectivity index (χ0n) is 15.7. The van der Waals surface area contributed by atoms with Gasteiger partial charge in [0.25, 0.3) is 0 Å². The molecule has 2 aliphatic rings. The zero-order valence-corrected chi connectivity index (χ0v) is 17.3. The summed E-state index contributed by atoms with van der Waals surface area (Å²) in [6.07, 6.45) is 3.28. The first-order valence-corrected chi connectivity index (χ1v) is 11.0. The van der Waals surface area contributed by atoms with E-state index in [0.29, 0.717) is 0 Å². The van der Waals surface area contributed by atoms with Gasteiger partial charge < -0.3 is 4.90 Å². The van der Waals surface area contributed by atoms with Crippen LogP contribution in [0.15, 0.2) is 22.5 Å². The minimum atomic E-state index is -0.102. The monoisotopic (exact) mass is 401 g/mol. The second-order valence-electron chi connectivity index (χ2n) is 7.03. The molecule has 0 atom stereocenters. The van der Waals surface area contributed by atoms with Crippen molar-refractivity contribution in [3.63, 3.8) is 0 Å². The second-order valence-corrected chi connectivity index (χ2v) is 9.18. The number of aryl methyl sites for hydroxylation is 1. The molecule has 2 aromatic rings.